The molecule has 0 bridgehead atoms. The van der Waals surface area contributed by atoms with Crippen molar-refractivity contribution >= 4 is 39.7 Å². The first-order valence-electron chi connectivity index (χ1n) is 12.6. The Morgan fingerprint density at radius 3 is 2.82 bits per heavy atom. The molecule has 196 valence electrons. The van der Waals surface area contributed by atoms with E-state index in [1.54, 1.807) is 27.8 Å². The molecule has 1 amide bonds. The van der Waals surface area contributed by atoms with Gasteiger partial charge in [0.25, 0.3) is 0 Å². The maximum atomic E-state index is 12.5. The van der Waals surface area contributed by atoms with Crippen molar-refractivity contribution in [2.45, 2.75) is 26.4 Å². The van der Waals surface area contributed by atoms with Crippen LogP contribution in [0, 0.1) is 0 Å². The lowest BCUT2D eigenvalue weighted by atomic mass is 10.2. The quantitative estimate of drug-likeness (QED) is 0.288. The van der Waals surface area contributed by atoms with Gasteiger partial charge in [-0.1, -0.05) is 42.5 Å². The molecule has 4 heterocycles. The highest BCUT2D eigenvalue weighted by molar-refractivity contribution is 5.91. The minimum Gasteiger partial charge on any atom is -0.447 e. The van der Waals surface area contributed by atoms with Gasteiger partial charge in [0.05, 0.1) is 42.9 Å². The van der Waals surface area contributed by atoms with E-state index in [1.807, 2.05) is 54.2 Å². The maximum absolute atomic E-state index is 12.5. The number of nitrogens with zero attached hydrogens (tertiary/aromatic N) is 8. The van der Waals surface area contributed by atoms with Crippen LogP contribution in [0.3, 0.4) is 0 Å². The van der Waals surface area contributed by atoms with E-state index in [9.17, 15) is 4.79 Å². The lowest BCUT2D eigenvalue weighted by molar-refractivity contribution is 0.155. The van der Waals surface area contributed by atoms with Gasteiger partial charge in [0.1, 0.15) is 18.5 Å². The van der Waals surface area contributed by atoms with E-state index in [1.165, 1.54) is 11.9 Å². The summed E-state index contributed by atoms with van der Waals surface area (Å²) < 4.78 is 10.6. The summed E-state index contributed by atoms with van der Waals surface area (Å²) in [6, 6.07) is 16.3. The van der Waals surface area contributed by atoms with Crippen LogP contribution in [0.4, 0.5) is 22.0 Å². The molecule has 6 aromatic rings. The van der Waals surface area contributed by atoms with Crippen LogP contribution in [0.25, 0.3) is 16.4 Å². The number of carbonyl (C=O) groups excluding carboxylic acids is 1. The highest BCUT2D eigenvalue weighted by atomic mass is 16.5. The molecule has 39 heavy (non-hydrogen) atoms. The van der Waals surface area contributed by atoms with Gasteiger partial charge < -0.3 is 10.1 Å². The number of ether oxygens (including phenoxy) is 1. The summed E-state index contributed by atoms with van der Waals surface area (Å²) in [7, 11) is 0. The van der Waals surface area contributed by atoms with E-state index in [0.717, 1.165) is 27.7 Å². The van der Waals surface area contributed by atoms with Crippen molar-refractivity contribution < 1.29 is 9.53 Å². The Hall–Kier alpha value is -5.26. The first-order chi connectivity index (χ1) is 19.2. The Labute approximate surface area is 223 Å². The molecular weight excluding hydrogens is 496 g/mol. The number of anilines is 3. The summed E-state index contributed by atoms with van der Waals surface area (Å²) in [4.78, 5) is 17.0. The number of amides is 1. The third-order valence-corrected chi connectivity index (χ3v) is 6.37. The zero-order chi connectivity index (χ0) is 26.6. The van der Waals surface area contributed by atoms with Crippen molar-refractivity contribution in [1.29, 1.82) is 0 Å². The summed E-state index contributed by atoms with van der Waals surface area (Å²) in [6.45, 7) is 3.30. The Morgan fingerprint density at radius 1 is 1.10 bits per heavy atom. The van der Waals surface area contributed by atoms with Gasteiger partial charge in [-0.2, -0.15) is 10.2 Å². The smallest absolute Gasteiger partial charge is 0.411 e. The Bertz CT molecular complexity index is 1720. The molecule has 0 aliphatic heterocycles. The highest BCUT2D eigenvalue weighted by Gasteiger charge is 2.17. The van der Waals surface area contributed by atoms with Gasteiger partial charge >= 0.3 is 6.09 Å². The molecule has 12 nitrogen and oxygen atoms in total. The van der Waals surface area contributed by atoms with Gasteiger partial charge in [-0.3, -0.25) is 10.00 Å². The van der Waals surface area contributed by atoms with Crippen molar-refractivity contribution in [2.24, 2.45) is 0 Å². The SMILES string of the molecule is CCc1c(NC(=O)OCCn2ccnn2)cn2ncnc(Nc3ccc4c(cnn4Cc4ccccc4)c3)c12. The number of benzene rings is 2. The topological polar surface area (TPSA) is 129 Å². The summed E-state index contributed by atoms with van der Waals surface area (Å²) in [6.07, 6.45) is 8.48. The van der Waals surface area contributed by atoms with Crippen LogP contribution in [-0.4, -0.2) is 52.1 Å². The normalized spacial score (nSPS) is 11.2. The third-order valence-electron chi connectivity index (χ3n) is 6.37. The number of carbonyl (C=O) groups is 1. The Kier molecular flexibility index (Phi) is 6.56. The largest absolute Gasteiger partial charge is 0.447 e. The molecular formula is C27H26N10O2. The average Bonchev–Trinajstić information content (AvgIpc) is 3.69. The average molecular weight is 523 g/mol. The van der Waals surface area contributed by atoms with E-state index in [0.29, 0.717) is 31.0 Å². The maximum Gasteiger partial charge on any atom is 0.411 e. The second-order valence-corrected chi connectivity index (χ2v) is 8.89. The predicted octanol–water partition coefficient (Wildman–Crippen LogP) is 4.27. The minimum absolute atomic E-state index is 0.168. The number of rotatable bonds is 9. The fourth-order valence-electron chi connectivity index (χ4n) is 4.54. The first kappa shape index (κ1) is 24.1. The van der Waals surface area contributed by atoms with Crippen molar-refractivity contribution in [3.8, 4) is 0 Å². The van der Waals surface area contributed by atoms with Crippen LogP contribution in [0.2, 0.25) is 0 Å². The van der Waals surface area contributed by atoms with Gasteiger partial charge in [-0.05, 0) is 30.2 Å². The summed E-state index contributed by atoms with van der Waals surface area (Å²) >= 11 is 0. The minimum atomic E-state index is -0.554. The molecule has 12 heteroatoms. The fourth-order valence-corrected chi connectivity index (χ4v) is 4.54. The highest BCUT2D eigenvalue weighted by Crippen LogP contribution is 2.30. The van der Waals surface area contributed by atoms with Crippen molar-refractivity contribution in [2.75, 3.05) is 17.2 Å². The molecule has 2 N–H and O–H groups in total. The van der Waals surface area contributed by atoms with Crippen LogP contribution < -0.4 is 10.6 Å². The van der Waals surface area contributed by atoms with Gasteiger partial charge in [0, 0.05) is 22.8 Å². The van der Waals surface area contributed by atoms with E-state index in [2.05, 4.69) is 48.3 Å². The Morgan fingerprint density at radius 2 is 2.00 bits per heavy atom. The molecule has 0 saturated carbocycles. The summed E-state index contributed by atoms with van der Waals surface area (Å²) in [5, 5.41) is 23.8. The van der Waals surface area contributed by atoms with E-state index in [-0.39, 0.29) is 6.61 Å². The first-order valence-corrected chi connectivity index (χ1v) is 12.6. The van der Waals surface area contributed by atoms with Crippen LogP contribution in [-0.2, 0) is 24.2 Å². The van der Waals surface area contributed by atoms with E-state index >= 15 is 0 Å². The molecule has 4 aromatic heterocycles. The molecule has 0 atom stereocenters. The molecule has 0 saturated heterocycles. The lowest BCUT2D eigenvalue weighted by Crippen LogP contribution is -2.17. The van der Waals surface area contributed by atoms with Crippen molar-refractivity contribution in [3.63, 3.8) is 0 Å². The monoisotopic (exact) mass is 522 g/mol. The predicted molar refractivity (Wildman–Crippen MR) is 146 cm³/mol. The number of fused-ring (bicyclic) bond motifs is 2. The van der Waals surface area contributed by atoms with Crippen LogP contribution >= 0.6 is 0 Å². The number of hydrogen-bond acceptors (Lipinski definition) is 8. The Balaban J connectivity index is 1.20. The number of aromatic nitrogens is 8. The molecule has 0 aliphatic carbocycles. The van der Waals surface area contributed by atoms with E-state index < -0.39 is 6.09 Å². The number of aryl methyl sites for hydroxylation is 1. The van der Waals surface area contributed by atoms with Gasteiger partial charge in [-0.15, -0.1) is 5.10 Å². The molecule has 6 rings (SSSR count). The lowest BCUT2D eigenvalue weighted by Gasteiger charge is -2.10. The fraction of sp³-hybridized carbons (Fsp3) is 0.185. The van der Waals surface area contributed by atoms with Crippen LogP contribution in [0.1, 0.15) is 18.1 Å². The van der Waals surface area contributed by atoms with Gasteiger partial charge in [0.2, 0.25) is 0 Å². The molecule has 0 aliphatic rings. The number of hydrogen-bond donors (Lipinski definition) is 2. The van der Waals surface area contributed by atoms with Crippen LogP contribution in [0.5, 0.6) is 0 Å². The van der Waals surface area contributed by atoms with Gasteiger partial charge in [-0.25, -0.2) is 19.0 Å². The van der Waals surface area contributed by atoms with Gasteiger partial charge in [0.15, 0.2) is 5.82 Å². The zero-order valence-electron chi connectivity index (χ0n) is 21.2. The standard InChI is InChI=1S/C27H26N10O2/c1-2-22-23(33-27(38)39-13-12-35-11-10-29-34-35)17-37-25(22)26(28-18-31-37)32-21-8-9-24-20(14-21)15-30-36(24)16-19-6-4-3-5-7-19/h3-11,14-15,17-18H,2,12-13,16H2,1H3,(H,33,38)(H,28,31,32). The van der Waals surface area contributed by atoms with Crippen molar-refractivity contribution in [3.05, 3.63) is 90.8 Å². The van der Waals surface area contributed by atoms with Crippen molar-refractivity contribution in [1.82, 2.24) is 39.4 Å². The van der Waals surface area contributed by atoms with E-state index in [4.69, 9.17) is 4.74 Å². The molecule has 0 spiro atoms. The summed E-state index contributed by atoms with van der Waals surface area (Å²) in [5.74, 6) is 0.630. The molecule has 0 radical (unpaired) electrons. The van der Waals surface area contributed by atoms with Crippen LogP contribution in [0.15, 0.2) is 79.6 Å². The molecule has 0 unspecified atom stereocenters. The third kappa shape index (κ3) is 5.12. The number of nitrogens with one attached hydrogen (secondary N) is 2. The molecule has 0 fully saturated rings. The zero-order valence-corrected chi connectivity index (χ0v) is 21.2. The second kappa shape index (κ2) is 10.6. The second-order valence-electron chi connectivity index (χ2n) is 8.89. The summed E-state index contributed by atoms with van der Waals surface area (Å²) in [5.41, 5.74) is 5.39. The molecule has 2 aromatic carbocycles.